The Morgan fingerprint density at radius 3 is 2.25 bits per heavy atom. The van der Waals surface area contributed by atoms with E-state index in [1.807, 2.05) is 30.3 Å². The topological polar surface area (TPSA) is 3.24 Å². The minimum atomic E-state index is -4.05. The van der Waals surface area contributed by atoms with E-state index in [-0.39, 0.29) is 6.54 Å². The third-order valence-corrected chi connectivity index (χ3v) is 2.40. The summed E-state index contributed by atoms with van der Waals surface area (Å²) in [5.74, 6) is 0. The Labute approximate surface area is 93.9 Å². The molecule has 1 aromatic carbocycles. The van der Waals surface area contributed by atoms with Crippen molar-refractivity contribution in [3.05, 3.63) is 35.9 Å². The molecule has 0 fully saturated rings. The van der Waals surface area contributed by atoms with Crippen LogP contribution in [-0.2, 0) is 6.42 Å². The first-order chi connectivity index (χ1) is 7.47. The SMILES string of the molecule is CN(CCc1ccccc1)CCC(F)(F)F. The van der Waals surface area contributed by atoms with E-state index in [1.54, 1.807) is 11.9 Å². The Morgan fingerprint density at radius 1 is 1.06 bits per heavy atom. The van der Waals surface area contributed by atoms with Gasteiger partial charge in [0.15, 0.2) is 0 Å². The fourth-order valence-electron chi connectivity index (χ4n) is 1.39. The van der Waals surface area contributed by atoms with Crippen molar-refractivity contribution in [2.45, 2.75) is 19.0 Å². The molecule has 16 heavy (non-hydrogen) atoms. The van der Waals surface area contributed by atoms with Crippen LogP contribution in [0, 0.1) is 0 Å². The maximum Gasteiger partial charge on any atom is 0.390 e. The van der Waals surface area contributed by atoms with Gasteiger partial charge >= 0.3 is 6.18 Å². The first-order valence-electron chi connectivity index (χ1n) is 5.26. The second-order valence-corrected chi connectivity index (χ2v) is 3.90. The summed E-state index contributed by atoms with van der Waals surface area (Å²) >= 11 is 0. The number of alkyl halides is 3. The van der Waals surface area contributed by atoms with Crippen LogP contribution in [0.3, 0.4) is 0 Å². The van der Waals surface area contributed by atoms with Crippen molar-refractivity contribution in [2.24, 2.45) is 0 Å². The quantitative estimate of drug-likeness (QED) is 0.752. The van der Waals surface area contributed by atoms with E-state index in [2.05, 4.69) is 0 Å². The highest BCUT2D eigenvalue weighted by atomic mass is 19.4. The maximum absolute atomic E-state index is 12.0. The van der Waals surface area contributed by atoms with Gasteiger partial charge in [0, 0.05) is 13.1 Å². The lowest BCUT2D eigenvalue weighted by atomic mass is 10.1. The zero-order valence-corrected chi connectivity index (χ0v) is 9.30. The van der Waals surface area contributed by atoms with Crippen LogP contribution in [0.5, 0.6) is 0 Å². The van der Waals surface area contributed by atoms with Gasteiger partial charge in [0.05, 0.1) is 6.42 Å². The second kappa shape index (κ2) is 5.89. The normalized spacial score (nSPS) is 12.1. The van der Waals surface area contributed by atoms with Gasteiger partial charge in [-0.05, 0) is 19.0 Å². The maximum atomic E-state index is 12.0. The molecule has 0 saturated heterocycles. The van der Waals surface area contributed by atoms with E-state index in [0.29, 0.717) is 6.54 Å². The summed E-state index contributed by atoms with van der Waals surface area (Å²) in [6.45, 7) is 0.719. The molecule has 0 aliphatic heterocycles. The summed E-state index contributed by atoms with van der Waals surface area (Å²) in [5.41, 5.74) is 1.15. The molecule has 1 rings (SSSR count). The molecule has 0 aliphatic rings. The summed E-state index contributed by atoms with van der Waals surface area (Å²) in [6, 6.07) is 9.77. The van der Waals surface area contributed by atoms with Gasteiger partial charge in [-0.3, -0.25) is 0 Å². The Hall–Kier alpha value is -1.03. The van der Waals surface area contributed by atoms with E-state index in [1.165, 1.54) is 0 Å². The fourth-order valence-corrected chi connectivity index (χ4v) is 1.39. The van der Waals surface area contributed by atoms with E-state index < -0.39 is 12.6 Å². The molecule has 0 heterocycles. The van der Waals surface area contributed by atoms with Gasteiger partial charge in [0.2, 0.25) is 0 Å². The van der Waals surface area contributed by atoms with E-state index in [9.17, 15) is 13.2 Å². The highest BCUT2D eigenvalue weighted by Gasteiger charge is 2.26. The summed E-state index contributed by atoms with van der Waals surface area (Å²) in [7, 11) is 1.72. The summed E-state index contributed by atoms with van der Waals surface area (Å²) in [4.78, 5) is 1.71. The first kappa shape index (κ1) is 13.0. The minimum absolute atomic E-state index is 0.0658. The second-order valence-electron chi connectivity index (χ2n) is 3.90. The van der Waals surface area contributed by atoms with Crippen molar-refractivity contribution in [3.63, 3.8) is 0 Å². The average molecular weight is 231 g/mol. The molecule has 0 unspecified atom stereocenters. The van der Waals surface area contributed by atoms with Crippen LogP contribution in [0.4, 0.5) is 13.2 Å². The molecular weight excluding hydrogens is 215 g/mol. The Balaban J connectivity index is 2.23. The number of benzene rings is 1. The highest BCUT2D eigenvalue weighted by Crippen LogP contribution is 2.19. The smallest absolute Gasteiger partial charge is 0.306 e. The van der Waals surface area contributed by atoms with E-state index in [4.69, 9.17) is 0 Å². The van der Waals surface area contributed by atoms with Crippen LogP contribution in [0.15, 0.2) is 30.3 Å². The Morgan fingerprint density at radius 2 is 1.69 bits per heavy atom. The third-order valence-electron chi connectivity index (χ3n) is 2.40. The predicted molar refractivity (Wildman–Crippen MR) is 58.3 cm³/mol. The molecule has 0 amide bonds. The molecule has 0 atom stereocenters. The average Bonchev–Trinajstić information content (AvgIpc) is 2.24. The van der Waals surface area contributed by atoms with Crippen molar-refractivity contribution < 1.29 is 13.2 Å². The predicted octanol–water partition coefficient (Wildman–Crippen LogP) is 3.11. The van der Waals surface area contributed by atoms with Gasteiger partial charge in [-0.15, -0.1) is 0 Å². The molecular formula is C12H16F3N. The van der Waals surface area contributed by atoms with Crippen LogP contribution in [0.1, 0.15) is 12.0 Å². The monoisotopic (exact) mass is 231 g/mol. The van der Waals surface area contributed by atoms with Gasteiger partial charge in [-0.2, -0.15) is 13.2 Å². The summed E-state index contributed by atoms with van der Waals surface area (Å²) in [5, 5.41) is 0. The molecule has 0 radical (unpaired) electrons. The Bertz CT molecular complexity index is 295. The van der Waals surface area contributed by atoms with Crippen LogP contribution in [-0.4, -0.2) is 31.2 Å². The van der Waals surface area contributed by atoms with Gasteiger partial charge in [-0.25, -0.2) is 0 Å². The van der Waals surface area contributed by atoms with Gasteiger partial charge < -0.3 is 4.90 Å². The zero-order valence-electron chi connectivity index (χ0n) is 9.30. The lowest BCUT2D eigenvalue weighted by molar-refractivity contribution is -0.137. The van der Waals surface area contributed by atoms with Crippen molar-refractivity contribution in [1.29, 1.82) is 0 Å². The molecule has 0 spiro atoms. The number of rotatable bonds is 5. The zero-order chi connectivity index (χ0) is 12.0. The molecule has 0 aromatic heterocycles. The molecule has 0 aliphatic carbocycles. The highest BCUT2D eigenvalue weighted by molar-refractivity contribution is 5.14. The summed E-state index contributed by atoms with van der Waals surface area (Å²) in [6.07, 6.45) is -4.01. The number of halogens is 3. The van der Waals surface area contributed by atoms with Crippen molar-refractivity contribution in [1.82, 2.24) is 4.90 Å². The summed E-state index contributed by atoms with van der Waals surface area (Å²) < 4.78 is 35.9. The molecule has 0 N–H and O–H groups in total. The standard InChI is InChI=1S/C12H16F3N/c1-16(10-8-12(13,14)15)9-7-11-5-3-2-4-6-11/h2-6H,7-10H2,1H3. The lowest BCUT2D eigenvalue weighted by Gasteiger charge is -2.17. The lowest BCUT2D eigenvalue weighted by Crippen LogP contribution is -2.26. The van der Waals surface area contributed by atoms with Crippen molar-refractivity contribution >= 4 is 0 Å². The minimum Gasteiger partial charge on any atom is -0.306 e. The van der Waals surface area contributed by atoms with E-state index >= 15 is 0 Å². The Kier molecular flexibility index (Phi) is 4.80. The third kappa shape index (κ3) is 5.75. The number of nitrogens with zero attached hydrogens (tertiary/aromatic N) is 1. The van der Waals surface area contributed by atoms with Crippen LogP contribution in [0.2, 0.25) is 0 Å². The largest absolute Gasteiger partial charge is 0.390 e. The fraction of sp³-hybridized carbons (Fsp3) is 0.500. The van der Waals surface area contributed by atoms with Crippen molar-refractivity contribution in [2.75, 3.05) is 20.1 Å². The van der Waals surface area contributed by atoms with Crippen LogP contribution in [0.25, 0.3) is 0 Å². The number of likely N-dealkylation sites (N-methyl/N-ethyl adjacent to an activating group) is 1. The van der Waals surface area contributed by atoms with E-state index in [0.717, 1.165) is 12.0 Å². The molecule has 1 aromatic rings. The van der Waals surface area contributed by atoms with Crippen LogP contribution >= 0.6 is 0 Å². The molecule has 4 heteroatoms. The molecule has 0 bridgehead atoms. The number of hydrogen-bond acceptors (Lipinski definition) is 1. The van der Waals surface area contributed by atoms with Crippen molar-refractivity contribution in [3.8, 4) is 0 Å². The van der Waals surface area contributed by atoms with Gasteiger partial charge in [0.1, 0.15) is 0 Å². The molecule has 1 nitrogen and oxygen atoms in total. The number of hydrogen-bond donors (Lipinski definition) is 0. The van der Waals surface area contributed by atoms with Gasteiger partial charge in [-0.1, -0.05) is 30.3 Å². The molecule has 90 valence electrons. The van der Waals surface area contributed by atoms with Crippen LogP contribution < -0.4 is 0 Å². The van der Waals surface area contributed by atoms with Gasteiger partial charge in [0.25, 0.3) is 0 Å². The first-order valence-corrected chi connectivity index (χ1v) is 5.26. The molecule has 0 saturated carbocycles.